The lowest BCUT2D eigenvalue weighted by Gasteiger charge is -2.30. The summed E-state index contributed by atoms with van der Waals surface area (Å²) in [6.45, 7) is 5.47. The average Bonchev–Trinajstić information content (AvgIpc) is 2.68. The molecule has 0 saturated heterocycles. The Hall–Kier alpha value is -2.45. The Bertz CT molecular complexity index is 878. The Morgan fingerprint density at radius 2 is 2.17 bits per heavy atom. The quantitative estimate of drug-likeness (QED) is 0.668. The van der Waals surface area contributed by atoms with Gasteiger partial charge < -0.3 is 20.9 Å². The minimum absolute atomic E-state index is 0.0569. The molecule has 1 aliphatic heterocycles. The van der Waals surface area contributed by atoms with Crippen LogP contribution in [0.25, 0.3) is 0 Å². The maximum absolute atomic E-state index is 13.9. The molecule has 1 aliphatic rings. The summed E-state index contributed by atoms with van der Waals surface area (Å²) in [5, 5.41) is 9.26. The average molecular weight is 421 g/mol. The Kier molecular flexibility index (Phi) is 6.87. The predicted molar refractivity (Wildman–Crippen MR) is 112 cm³/mol. The van der Waals surface area contributed by atoms with Gasteiger partial charge in [0.25, 0.3) is 0 Å². The molecule has 0 spiro atoms. The number of nitrogens with one attached hydrogen (secondary N) is 3. The first-order valence-corrected chi connectivity index (χ1v) is 10.0. The number of urea groups is 1. The number of halogens is 2. The van der Waals surface area contributed by atoms with Crippen LogP contribution in [0.3, 0.4) is 0 Å². The summed E-state index contributed by atoms with van der Waals surface area (Å²) in [6.07, 6.45) is 2.51. The third kappa shape index (κ3) is 5.33. The number of carbonyl (C=O) groups excluding carboxylic acids is 1. The van der Waals surface area contributed by atoms with Crippen molar-refractivity contribution in [2.45, 2.75) is 38.9 Å². The van der Waals surface area contributed by atoms with Crippen LogP contribution < -0.4 is 16.0 Å². The van der Waals surface area contributed by atoms with E-state index in [-0.39, 0.29) is 23.1 Å². The molecule has 0 unspecified atom stereocenters. The van der Waals surface area contributed by atoms with E-state index in [2.05, 4.69) is 25.9 Å². The number of nitrogens with zero attached hydrogens (tertiary/aromatic N) is 3. The van der Waals surface area contributed by atoms with Gasteiger partial charge in [-0.05, 0) is 50.6 Å². The van der Waals surface area contributed by atoms with Gasteiger partial charge >= 0.3 is 6.03 Å². The van der Waals surface area contributed by atoms with Gasteiger partial charge in [-0.3, -0.25) is 0 Å². The van der Waals surface area contributed by atoms with Gasteiger partial charge in [0.2, 0.25) is 5.95 Å². The van der Waals surface area contributed by atoms with Gasteiger partial charge in [0, 0.05) is 25.3 Å². The molecule has 2 heterocycles. The van der Waals surface area contributed by atoms with Crippen LogP contribution in [0.2, 0.25) is 5.02 Å². The summed E-state index contributed by atoms with van der Waals surface area (Å²) in [7, 11) is 1.78. The van der Waals surface area contributed by atoms with E-state index in [4.69, 9.17) is 11.6 Å². The Morgan fingerprint density at radius 1 is 1.38 bits per heavy atom. The van der Waals surface area contributed by atoms with Crippen molar-refractivity contribution in [1.29, 1.82) is 0 Å². The highest BCUT2D eigenvalue weighted by atomic mass is 35.5. The maximum atomic E-state index is 13.9. The zero-order valence-electron chi connectivity index (χ0n) is 16.8. The molecule has 2 amide bonds. The lowest BCUT2D eigenvalue weighted by Crippen LogP contribution is -2.46. The van der Waals surface area contributed by atoms with Gasteiger partial charge in [0.15, 0.2) is 0 Å². The molecule has 1 aromatic carbocycles. The molecular formula is C20H26ClFN6O. The fourth-order valence-electron chi connectivity index (χ4n) is 3.23. The van der Waals surface area contributed by atoms with Crippen LogP contribution in [0.4, 0.5) is 15.1 Å². The van der Waals surface area contributed by atoms with Gasteiger partial charge in [-0.1, -0.05) is 17.7 Å². The molecule has 9 heteroatoms. The van der Waals surface area contributed by atoms with Crippen LogP contribution in [0.1, 0.15) is 36.7 Å². The standard InChI is InChI=1S/C20H26ClFN6O/c1-12(2)25-19-24-9-14-6-7-28(11-18(14)26-19)20(29)27-17(10-23-3)13-4-5-15(21)16(22)8-13/h4-5,8-9,12,17,23H,6-7,10-11H2,1-3H3,(H,27,29)(H,24,25,26)/t17-/m1/s1. The molecule has 3 N–H and O–H groups in total. The van der Waals surface area contributed by atoms with Crippen LogP contribution in [0.15, 0.2) is 24.4 Å². The van der Waals surface area contributed by atoms with Gasteiger partial charge in [0.1, 0.15) is 5.82 Å². The topological polar surface area (TPSA) is 82.2 Å². The molecule has 2 aromatic rings. The molecule has 0 aliphatic carbocycles. The Morgan fingerprint density at radius 3 is 2.86 bits per heavy atom. The van der Waals surface area contributed by atoms with E-state index in [1.54, 1.807) is 18.0 Å². The van der Waals surface area contributed by atoms with Crippen molar-refractivity contribution in [1.82, 2.24) is 25.5 Å². The van der Waals surface area contributed by atoms with Crippen molar-refractivity contribution < 1.29 is 9.18 Å². The number of rotatable bonds is 6. The second-order valence-electron chi connectivity index (χ2n) is 7.37. The van der Waals surface area contributed by atoms with E-state index in [0.29, 0.717) is 37.6 Å². The first kappa shape index (κ1) is 21.3. The summed E-state index contributed by atoms with van der Waals surface area (Å²) in [5.74, 6) is 0.0546. The minimum atomic E-state index is -0.506. The van der Waals surface area contributed by atoms with E-state index >= 15 is 0 Å². The predicted octanol–water partition coefficient (Wildman–Crippen LogP) is 3.12. The number of anilines is 1. The zero-order valence-corrected chi connectivity index (χ0v) is 17.6. The number of amides is 2. The highest BCUT2D eigenvalue weighted by molar-refractivity contribution is 6.30. The van der Waals surface area contributed by atoms with Crippen LogP contribution in [0.5, 0.6) is 0 Å². The van der Waals surface area contributed by atoms with E-state index in [1.165, 1.54) is 12.1 Å². The zero-order chi connectivity index (χ0) is 21.0. The Balaban J connectivity index is 1.71. The normalized spacial score (nSPS) is 14.5. The first-order chi connectivity index (χ1) is 13.9. The summed E-state index contributed by atoms with van der Waals surface area (Å²) < 4.78 is 13.9. The third-order valence-corrected chi connectivity index (χ3v) is 5.01. The summed E-state index contributed by atoms with van der Waals surface area (Å²) in [4.78, 5) is 23.5. The molecule has 1 atom stereocenters. The highest BCUT2D eigenvalue weighted by Crippen LogP contribution is 2.22. The highest BCUT2D eigenvalue weighted by Gasteiger charge is 2.25. The van der Waals surface area contributed by atoms with Gasteiger partial charge in [0.05, 0.1) is 23.3 Å². The lowest BCUT2D eigenvalue weighted by molar-refractivity contribution is 0.187. The number of hydrogen-bond donors (Lipinski definition) is 3. The summed E-state index contributed by atoms with van der Waals surface area (Å²) >= 11 is 5.78. The van der Waals surface area contributed by atoms with Crippen molar-refractivity contribution >= 4 is 23.6 Å². The van der Waals surface area contributed by atoms with Crippen molar-refractivity contribution in [3.8, 4) is 0 Å². The molecule has 29 heavy (non-hydrogen) atoms. The van der Waals surface area contributed by atoms with Crippen LogP contribution in [-0.2, 0) is 13.0 Å². The van der Waals surface area contributed by atoms with Gasteiger partial charge in [-0.15, -0.1) is 0 Å². The second kappa shape index (κ2) is 9.37. The first-order valence-electron chi connectivity index (χ1n) is 9.63. The van der Waals surface area contributed by atoms with Crippen molar-refractivity contribution in [2.24, 2.45) is 0 Å². The van der Waals surface area contributed by atoms with Crippen LogP contribution in [-0.4, -0.2) is 47.1 Å². The molecule has 0 fully saturated rings. The molecule has 7 nitrogen and oxygen atoms in total. The van der Waals surface area contributed by atoms with Gasteiger partial charge in [-0.2, -0.15) is 0 Å². The molecular weight excluding hydrogens is 395 g/mol. The Labute approximate surface area is 175 Å². The smallest absolute Gasteiger partial charge is 0.318 e. The van der Waals surface area contributed by atoms with Crippen molar-refractivity contribution in [2.75, 3.05) is 25.5 Å². The van der Waals surface area contributed by atoms with Gasteiger partial charge in [-0.25, -0.2) is 19.2 Å². The van der Waals surface area contributed by atoms with E-state index in [0.717, 1.165) is 11.3 Å². The summed E-state index contributed by atoms with van der Waals surface area (Å²) in [5.41, 5.74) is 2.54. The molecule has 0 radical (unpaired) electrons. The number of benzene rings is 1. The fourth-order valence-corrected chi connectivity index (χ4v) is 3.35. The third-order valence-electron chi connectivity index (χ3n) is 4.70. The van der Waals surface area contributed by atoms with E-state index in [9.17, 15) is 9.18 Å². The monoisotopic (exact) mass is 420 g/mol. The fraction of sp³-hybridized carbons (Fsp3) is 0.450. The SMILES string of the molecule is CNC[C@@H](NC(=O)N1CCc2cnc(NC(C)C)nc2C1)c1ccc(Cl)c(F)c1. The lowest BCUT2D eigenvalue weighted by atomic mass is 10.1. The number of hydrogen-bond acceptors (Lipinski definition) is 5. The van der Waals surface area contributed by atoms with Crippen LogP contribution >= 0.6 is 11.6 Å². The number of likely N-dealkylation sites (N-methyl/N-ethyl adjacent to an activating group) is 1. The molecule has 1 aromatic heterocycles. The molecule has 156 valence electrons. The van der Waals surface area contributed by atoms with Crippen molar-refractivity contribution in [3.63, 3.8) is 0 Å². The van der Waals surface area contributed by atoms with E-state index in [1.807, 2.05) is 20.0 Å². The van der Waals surface area contributed by atoms with Crippen molar-refractivity contribution in [3.05, 3.63) is 52.1 Å². The summed E-state index contributed by atoms with van der Waals surface area (Å²) in [6, 6.07) is 4.19. The van der Waals surface area contributed by atoms with Crippen LogP contribution in [0, 0.1) is 5.82 Å². The molecule has 3 rings (SSSR count). The molecule has 0 saturated carbocycles. The number of carbonyl (C=O) groups is 1. The molecule has 0 bridgehead atoms. The maximum Gasteiger partial charge on any atom is 0.318 e. The second-order valence-corrected chi connectivity index (χ2v) is 7.78. The largest absolute Gasteiger partial charge is 0.352 e. The van der Waals surface area contributed by atoms with E-state index < -0.39 is 5.82 Å². The number of fused-ring (bicyclic) bond motifs is 1. The minimum Gasteiger partial charge on any atom is -0.352 e. The number of aromatic nitrogens is 2.